The van der Waals surface area contributed by atoms with Crippen LogP contribution in [-0.4, -0.2) is 0 Å². The molecule has 0 aliphatic carbocycles. The highest BCUT2D eigenvalue weighted by Gasteiger charge is 2.14. The maximum Gasteiger partial charge on any atom is 0.128 e. The molecule has 0 saturated carbocycles. The number of nitrogens with one attached hydrogen (secondary N) is 1. The summed E-state index contributed by atoms with van der Waals surface area (Å²) in [6.07, 6.45) is 0. The Morgan fingerprint density at radius 2 is 2.21 bits per heavy atom. The number of benzene rings is 1. The van der Waals surface area contributed by atoms with E-state index in [1.165, 1.54) is 6.07 Å². The van der Waals surface area contributed by atoms with Crippen LogP contribution in [0.2, 0.25) is 0 Å². The number of hydrogen-bond acceptors (Lipinski definition) is 2. The minimum atomic E-state index is -0.324. The molecule has 0 radical (unpaired) electrons. The first kappa shape index (κ1) is 10.9. The number of hydrazine groups is 1. The van der Waals surface area contributed by atoms with E-state index >= 15 is 0 Å². The molecule has 0 aliphatic heterocycles. The molecule has 0 amide bonds. The van der Waals surface area contributed by atoms with Crippen LogP contribution in [-0.2, 0) is 0 Å². The molecule has 0 spiro atoms. The predicted molar refractivity (Wildman–Crippen MR) is 56.0 cm³/mol. The van der Waals surface area contributed by atoms with Crippen LogP contribution in [0.15, 0.2) is 30.4 Å². The molecule has 1 unspecified atom stereocenters. The summed E-state index contributed by atoms with van der Waals surface area (Å²) in [7, 11) is 0. The molecule has 0 heterocycles. The van der Waals surface area contributed by atoms with Crippen LogP contribution < -0.4 is 11.3 Å². The van der Waals surface area contributed by atoms with Gasteiger partial charge in [0.05, 0.1) is 6.04 Å². The zero-order valence-corrected chi connectivity index (χ0v) is 8.47. The molecule has 3 heteroatoms. The SMILES string of the molecule is C=C(C)C(NN)c1cc(C)ccc1F. The van der Waals surface area contributed by atoms with Gasteiger partial charge in [0.15, 0.2) is 0 Å². The van der Waals surface area contributed by atoms with E-state index in [1.54, 1.807) is 12.1 Å². The van der Waals surface area contributed by atoms with E-state index in [1.807, 2.05) is 13.8 Å². The van der Waals surface area contributed by atoms with Gasteiger partial charge in [-0.25, -0.2) is 9.82 Å². The van der Waals surface area contributed by atoms with Gasteiger partial charge in [0, 0.05) is 5.56 Å². The lowest BCUT2D eigenvalue weighted by Crippen LogP contribution is -2.29. The molecule has 3 N–H and O–H groups in total. The van der Waals surface area contributed by atoms with Crippen molar-refractivity contribution in [1.29, 1.82) is 0 Å². The van der Waals surface area contributed by atoms with Gasteiger partial charge >= 0.3 is 0 Å². The Labute approximate surface area is 83.6 Å². The number of hydrogen-bond donors (Lipinski definition) is 2. The average molecular weight is 194 g/mol. The van der Waals surface area contributed by atoms with Crippen molar-refractivity contribution in [2.24, 2.45) is 5.84 Å². The van der Waals surface area contributed by atoms with Gasteiger partial charge in [-0.2, -0.15) is 0 Å². The van der Waals surface area contributed by atoms with Crippen LogP contribution in [0.1, 0.15) is 24.1 Å². The molecule has 1 aromatic rings. The molecule has 0 aliphatic rings. The highest BCUT2D eigenvalue weighted by Crippen LogP contribution is 2.22. The molecular formula is C11H15FN2. The summed E-state index contributed by atoms with van der Waals surface area (Å²) in [4.78, 5) is 0. The molecule has 0 bridgehead atoms. The summed E-state index contributed by atoms with van der Waals surface area (Å²) >= 11 is 0. The summed E-state index contributed by atoms with van der Waals surface area (Å²) in [6, 6.07) is 4.62. The molecule has 0 aromatic heterocycles. The molecule has 1 aromatic carbocycles. The van der Waals surface area contributed by atoms with Gasteiger partial charge in [-0.1, -0.05) is 29.8 Å². The molecule has 1 atom stereocenters. The molecular weight excluding hydrogens is 179 g/mol. The van der Waals surface area contributed by atoms with Gasteiger partial charge < -0.3 is 0 Å². The molecule has 76 valence electrons. The van der Waals surface area contributed by atoms with Crippen LogP contribution >= 0.6 is 0 Å². The van der Waals surface area contributed by atoms with Crippen molar-refractivity contribution in [2.45, 2.75) is 19.9 Å². The Morgan fingerprint density at radius 1 is 1.57 bits per heavy atom. The Balaban J connectivity index is 3.15. The highest BCUT2D eigenvalue weighted by molar-refractivity contribution is 5.31. The quantitative estimate of drug-likeness (QED) is 0.440. The second kappa shape index (κ2) is 4.35. The lowest BCUT2D eigenvalue weighted by molar-refractivity contribution is 0.555. The Morgan fingerprint density at radius 3 is 2.71 bits per heavy atom. The van der Waals surface area contributed by atoms with E-state index in [4.69, 9.17) is 5.84 Å². The molecule has 1 rings (SSSR count). The van der Waals surface area contributed by atoms with Gasteiger partial charge in [0.1, 0.15) is 5.82 Å². The lowest BCUT2D eigenvalue weighted by Gasteiger charge is -2.17. The van der Waals surface area contributed by atoms with Gasteiger partial charge in [0.2, 0.25) is 0 Å². The van der Waals surface area contributed by atoms with Crippen LogP contribution in [0.5, 0.6) is 0 Å². The van der Waals surface area contributed by atoms with E-state index in [0.717, 1.165) is 11.1 Å². The molecule has 2 nitrogen and oxygen atoms in total. The van der Waals surface area contributed by atoms with E-state index in [2.05, 4.69) is 12.0 Å². The van der Waals surface area contributed by atoms with Crippen molar-refractivity contribution in [1.82, 2.24) is 5.43 Å². The van der Waals surface area contributed by atoms with E-state index in [-0.39, 0.29) is 11.9 Å². The first-order valence-electron chi connectivity index (χ1n) is 4.44. The topological polar surface area (TPSA) is 38.0 Å². The average Bonchev–Trinajstić information content (AvgIpc) is 2.11. The van der Waals surface area contributed by atoms with Crippen molar-refractivity contribution in [2.75, 3.05) is 0 Å². The summed E-state index contributed by atoms with van der Waals surface area (Å²) in [5.41, 5.74) is 4.88. The van der Waals surface area contributed by atoms with Crippen molar-refractivity contribution in [3.05, 3.63) is 47.3 Å². The molecule has 0 saturated heterocycles. The largest absolute Gasteiger partial charge is 0.271 e. The Kier molecular flexibility index (Phi) is 3.38. The van der Waals surface area contributed by atoms with Crippen molar-refractivity contribution >= 4 is 0 Å². The number of halogens is 1. The zero-order valence-electron chi connectivity index (χ0n) is 8.47. The second-order valence-corrected chi connectivity index (χ2v) is 3.47. The third kappa shape index (κ3) is 2.19. The number of rotatable bonds is 3. The zero-order chi connectivity index (χ0) is 10.7. The molecule has 0 fully saturated rings. The Hall–Kier alpha value is -1.19. The first-order chi connectivity index (χ1) is 6.56. The number of aryl methyl sites for hydroxylation is 1. The van der Waals surface area contributed by atoms with E-state index < -0.39 is 0 Å². The minimum absolute atomic E-state index is 0.262. The van der Waals surface area contributed by atoms with Gasteiger partial charge in [-0.3, -0.25) is 5.84 Å². The maximum absolute atomic E-state index is 13.4. The predicted octanol–water partition coefficient (Wildman–Crippen LogP) is 2.21. The fourth-order valence-electron chi connectivity index (χ4n) is 1.38. The number of nitrogens with two attached hydrogens (primary N) is 1. The minimum Gasteiger partial charge on any atom is -0.271 e. The lowest BCUT2D eigenvalue weighted by atomic mass is 9.99. The smallest absolute Gasteiger partial charge is 0.128 e. The first-order valence-corrected chi connectivity index (χ1v) is 4.44. The molecule has 14 heavy (non-hydrogen) atoms. The van der Waals surface area contributed by atoms with Crippen LogP contribution in [0.4, 0.5) is 4.39 Å². The van der Waals surface area contributed by atoms with Gasteiger partial charge in [0.25, 0.3) is 0 Å². The van der Waals surface area contributed by atoms with Crippen molar-refractivity contribution in [3.63, 3.8) is 0 Å². The Bertz CT molecular complexity index is 347. The third-order valence-electron chi connectivity index (χ3n) is 2.12. The summed E-state index contributed by atoms with van der Waals surface area (Å²) in [5.74, 6) is 5.08. The van der Waals surface area contributed by atoms with E-state index in [0.29, 0.717) is 5.56 Å². The monoisotopic (exact) mass is 194 g/mol. The fourth-order valence-corrected chi connectivity index (χ4v) is 1.38. The van der Waals surface area contributed by atoms with Crippen LogP contribution in [0.3, 0.4) is 0 Å². The standard InChI is InChI=1S/C11H15FN2/c1-7(2)11(14-13)9-6-8(3)4-5-10(9)12/h4-6,11,14H,1,13H2,2-3H3. The van der Waals surface area contributed by atoms with Gasteiger partial charge in [-0.05, 0) is 19.9 Å². The van der Waals surface area contributed by atoms with Crippen molar-refractivity contribution < 1.29 is 4.39 Å². The van der Waals surface area contributed by atoms with Gasteiger partial charge in [-0.15, -0.1) is 0 Å². The van der Waals surface area contributed by atoms with Crippen molar-refractivity contribution in [3.8, 4) is 0 Å². The maximum atomic E-state index is 13.4. The fraction of sp³-hybridized carbons (Fsp3) is 0.273. The summed E-state index contributed by atoms with van der Waals surface area (Å²) < 4.78 is 13.4. The third-order valence-corrected chi connectivity index (χ3v) is 2.12. The second-order valence-electron chi connectivity index (χ2n) is 3.47. The van der Waals surface area contributed by atoms with Crippen LogP contribution in [0, 0.1) is 12.7 Å². The summed E-state index contributed by atoms with van der Waals surface area (Å²) in [5, 5.41) is 0. The van der Waals surface area contributed by atoms with Crippen LogP contribution in [0.25, 0.3) is 0 Å². The highest BCUT2D eigenvalue weighted by atomic mass is 19.1. The normalized spacial score (nSPS) is 12.6. The summed E-state index contributed by atoms with van der Waals surface area (Å²) in [6.45, 7) is 7.49. The van der Waals surface area contributed by atoms with E-state index in [9.17, 15) is 4.39 Å².